The highest BCUT2D eigenvalue weighted by Crippen LogP contribution is 2.20. The van der Waals surface area contributed by atoms with Crippen LogP contribution in [0.2, 0.25) is 5.02 Å². The van der Waals surface area contributed by atoms with Crippen molar-refractivity contribution in [3.05, 3.63) is 64.4 Å². The summed E-state index contributed by atoms with van der Waals surface area (Å²) >= 11 is 5.97. The van der Waals surface area contributed by atoms with Gasteiger partial charge in [-0.1, -0.05) is 36.7 Å². The van der Waals surface area contributed by atoms with Crippen molar-refractivity contribution < 1.29 is 0 Å². The summed E-state index contributed by atoms with van der Waals surface area (Å²) < 4.78 is 0. The number of halogens is 1. The van der Waals surface area contributed by atoms with Crippen molar-refractivity contribution in [2.24, 2.45) is 0 Å². The van der Waals surface area contributed by atoms with E-state index in [1.54, 1.807) is 0 Å². The molecule has 3 heteroatoms. The van der Waals surface area contributed by atoms with E-state index in [0.29, 0.717) is 0 Å². The number of nitrogens with zero attached hydrogens (tertiary/aromatic N) is 1. The molecule has 0 aliphatic heterocycles. The van der Waals surface area contributed by atoms with E-state index in [0.717, 1.165) is 30.1 Å². The lowest BCUT2D eigenvalue weighted by Crippen LogP contribution is -2.24. The zero-order valence-corrected chi connectivity index (χ0v) is 12.8. The first-order valence-corrected chi connectivity index (χ1v) is 7.47. The Labute approximate surface area is 126 Å². The maximum absolute atomic E-state index is 5.97. The second-order valence-electron chi connectivity index (χ2n) is 5.09. The molecule has 0 aliphatic carbocycles. The van der Waals surface area contributed by atoms with E-state index in [1.807, 2.05) is 18.3 Å². The first-order chi connectivity index (χ1) is 9.69. The van der Waals surface area contributed by atoms with Gasteiger partial charge in [-0.2, -0.15) is 0 Å². The van der Waals surface area contributed by atoms with Gasteiger partial charge in [0.2, 0.25) is 0 Å². The molecular weight excluding hydrogens is 268 g/mol. The van der Waals surface area contributed by atoms with Gasteiger partial charge in [-0.3, -0.25) is 4.98 Å². The van der Waals surface area contributed by atoms with Crippen LogP contribution in [0.3, 0.4) is 0 Å². The molecule has 2 rings (SSSR count). The van der Waals surface area contributed by atoms with Gasteiger partial charge in [0.25, 0.3) is 0 Å². The summed E-state index contributed by atoms with van der Waals surface area (Å²) in [6.07, 6.45) is 3.93. The van der Waals surface area contributed by atoms with Gasteiger partial charge in [0, 0.05) is 29.4 Å². The van der Waals surface area contributed by atoms with E-state index in [-0.39, 0.29) is 6.04 Å². The molecule has 20 heavy (non-hydrogen) atoms. The van der Waals surface area contributed by atoms with E-state index < -0.39 is 0 Å². The molecule has 0 fully saturated rings. The molecule has 0 spiro atoms. The molecule has 2 nitrogen and oxygen atoms in total. The number of hydrogen-bond donors (Lipinski definition) is 1. The van der Waals surface area contributed by atoms with Crippen LogP contribution in [0.4, 0.5) is 0 Å². The van der Waals surface area contributed by atoms with Crippen molar-refractivity contribution in [2.75, 3.05) is 6.54 Å². The van der Waals surface area contributed by atoms with Gasteiger partial charge in [-0.05, 0) is 49.2 Å². The van der Waals surface area contributed by atoms with Crippen molar-refractivity contribution >= 4 is 11.6 Å². The predicted molar refractivity (Wildman–Crippen MR) is 85.2 cm³/mol. The second-order valence-corrected chi connectivity index (χ2v) is 5.53. The van der Waals surface area contributed by atoms with E-state index in [9.17, 15) is 0 Å². The fourth-order valence-corrected chi connectivity index (χ4v) is 2.28. The van der Waals surface area contributed by atoms with Crippen LogP contribution in [0.5, 0.6) is 0 Å². The molecule has 0 radical (unpaired) electrons. The minimum Gasteiger partial charge on any atom is -0.310 e. The number of pyridine rings is 1. The largest absolute Gasteiger partial charge is 0.310 e. The molecule has 1 heterocycles. The maximum Gasteiger partial charge on any atom is 0.0422 e. The molecule has 106 valence electrons. The highest BCUT2D eigenvalue weighted by atomic mass is 35.5. The Balaban J connectivity index is 2.14. The molecule has 0 aliphatic rings. The summed E-state index contributed by atoms with van der Waals surface area (Å²) in [5.74, 6) is 0. The number of rotatable bonds is 6. The zero-order valence-electron chi connectivity index (χ0n) is 12.1. The monoisotopic (exact) mass is 288 g/mol. The van der Waals surface area contributed by atoms with Crippen LogP contribution in [0.25, 0.3) is 0 Å². The van der Waals surface area contributed by atoms with E-state index in [1.165, 1.54) is 11.1 Å². The first kappa shape index (κ1) is 15.0. The molecule has 0 saturated carbocycles. The average molecular weight is 289 g/mol. The molecule has 0 bridgehead atoms. The van der Waals surface area contributed by atoms with E-state index >= 15 is 0 Å². The van der Waals surface area contributed by atoms with Gasteiger partial charge in [0.05, 0.1) is 0 Å². The van der Waals surface area contributed by atoms with Gasteiger partial charge in [0.15, 0.2) is 0 Å². The number of aromatic nitrogens is 1. The summed E-state index contributed by atoms with van der Waals surface area (Å²) in [4.78, 5) is 4.50. The van der Waals surface area contributed by atoms with Crippen LogP contribution in [0, 0.1) is 6.92 Å². The van der Waals surface area contributed by atoms with Crippen LogP contribution in [-0.4, -0.2) is 11.5 Å². The van der Waals surface area contributed by atoms with Gasteiger partial charge in [-0.15, -0.1) is 0 Å². The minimum atomic E-state index is 0.280. The Bertz CT molecular complexity index is 520. The third kappa shape index (κ3) is 4.32. The Kier molecular flexibility index (Phi) is 5.57. The molecule has 1 aromatic carbocycles. The highest BCUT2D eigenvalue weighted by molar-refractivity contribution is 6.30. The summed E-state index contributed by atoms with van der Waals surface area (Å²) in [5, 5.41) is 4.36. The molecule has 1 atom stereocenters. The molecule has 1 aromatic heterocycles. The molecular formula is C17H21ClN2. The third-order valence-corrected chi connectivity index (χ3v) is 3.55. The zero-order chi connectivity index (χ0) is 14.4. The third-order valence-electron chi connectivity index (χ3n) is 3.30. The number of aryl methyl sites for hydroxylation is 1. The maximum atomic E-state index is 5.97. The van der Waals surface area contributed by atoms with Crippen LogP contribution in [0.1, 0.15) is 36.2 Å². The minimum absolute atomic E-state index is 0.280. The smallest absolute Gasteiger partial charge is 0.0422 e. The normalized spacial score (nSPS) is 12.3. The SMILES string of the molecule is CCCNC(Cc1ccc(C)cn1)c1ccc(Cl)cc1. The van der Waals surface area contributed by atoms with Gasteiger partial charge in [0.1, 0.15) is 0 Å². The van der Waals surface area contributed by atoms with Crippen LogP contribution in [0.15, 0.2) is 42.6 Å². The summed E-state index contributed by atoms with van der Waals surface area (Å²) in [5.41, 5.74) is 3.56. The quantitative estimate of drug-likeness (QED) is 0.856. The molecule has 0 saturated heterocycles. The summed E-state index contributed by atoms with van der Waals surface area (Å²) in [6, 6.07) is 12.6. The topological polar surface area (TPSA) is 24.9 Å². The van der Waals surface area contributed by atoms with Gasteiger partial charge < -0.3 is 5.32 Å². The standard InChI is InChI=1S/C17H21ClN2/c1-3-10-19-17(14-5-7-15(18)8-6-14)11-16-9-4-13(2)12-20-16/h4-9,12,17,19H,3,10-11H2,1-2H3. The fraction of sp³-hybridized carbons (Fsp3) is 0.353. The number of benzene rings is 1. The molecule has 1 unspecified atom stereocenters. The van der Waals surface area contributed by atoms with Crippen LogP contribution >= 0.6 is 11.6 Å². The lowest BCUT2D eigenvalue weighted by atomic mass is 10.0. The Morgan fingerprint density at radius 3 is 2.50 bits per heavy atom. The number of hydrogen-bond acceptors (Lipinski definition) is 2. The van der Waals surface area contributed by atoms with Gasteiger partial charge in [-0.25, -0.2) is 0 Å². The molecule has 0 amide bonds. The average Bonchev–Trinajstić information content (AvgIpc) is 2.46. The summed E-state index contributed by atoms with van der Waals surface area (Å²) in [6.45, 7) is 5.23. The Hall–Kier alpha value is -1.38. The van der Waals surface area contributed by atoms with Gasteiger partial charge >= 0.3 is 0 Å². The van der Waals surface area contributed by atoms with Crippen molar-refractivity contribution in [3.8, 4) is 0 Å². The van der Waals surface area contributed by atoms with E-state index in [2.05, 4.69) is 48.4 Å². The van der Waals surface area contributed by atoms with Crippen molar-refractivity contribution in [1.82, 2.24) is 10.3 Å². The van der Waals surface area contributed by atoms with Crippen molar-refractivity contribution in [2.45, 2.75) is 32.7 Å². The summed E-state index contributed by atoms with van der Waals surface area (Å²) in [7, 11) is 0. The van der Waals surface area contributed by atoms with E-state index in [4.69, 9.17) is 11.6 Å². The second kappa shape index (κ2) is 7.41. The molecule has 2 aromatic rings. The first-order valence-electron chi connectivity index (χ1n) is 7.09. The Morgan fingerprint density at radius 2 is 1.90 bits per heavy atom. The fourth-order valence-electron chi connectivity index (χ4n) is 2.15. The van der Waals surface area contributed by atoms with Crippen LogP contribution in [-0.2, 0) is 6.42 Å². The predicted octanol–water partition coefficient (Wildman–Crippen LogP) is 4.33. The molecule has 1 N–H and O–H groups in total. The lowest BCUT2D eigenvalue weighted by molar-refractivity contribution is 0.524. The lowest BCUT2D eigenvalue weighted by Gasteiger charge is -2.19. The van der Waals surface area contributed by atoms with Crippen molar-refractivity contribution in [3.63, 3.8) is 0 Å². The van der Waals surface area contributed by atoms with Crippen LogP contribution < -0.4 is 5.32 Å². The van der Waals surface area contributed by atoms with Crippen molar-refractivity contribution in [1.29, 1.82) is 0 Å². The Morgan fingerprint density at radius 1 is 1.15 bits per heavy atom. The number of nitrogens with one attached hydrogen (secondary N) is 1. The highest BCUT2D eigenvalue weighted by Gasteiger charge is 2.12.